The first-order valence-electron chi connectivity index (χ1n) is 4.37. The van der Waals surface area contributed by atoms with Gasteiger partial charge in [0.05, 0.1) is 19.8 Å². The predicted octanol–water partition coefficient (Wildman–Crippen LogP) is -1.92. The fraction of sp³-hybridized carbons (Fsp3) is 0.750. The lowest BCUT2D eigenvalue weighted by Crippen LogP contribution is -2.47. The Kier molecular flexibility index (Phi) is 3.43. The van der Waals surface area contributed by atoms with Crippen LogP contribution in [0.5, 0.6) is 0 Å². The lowest BCUT2D eigenvalue weighted by atomic mass is 10.2. The zero-order valence-corrected chi connectivity index (χ0v) is 7.97. The third-order valence-corrected chi connectivity index (χ3v) is 2.30. The van der Waals surface area contributed by atoms with Crippen molar-refractivity contribution < 1.29 is 19.4 Å². The van der Waals surface area contributed by atoms with Crippen molar-refractivity contribution in [2.45, 2.75) is 18.6 Å². The van der Waals surface area contributed by atoms with E-state index in [1.807, 2.05) is 0 Å². The molecule has 1 aliphatic rings. The van der Waals surface area contributed by atoms with E-state index < -0.39 is 18.1 Å². The number of aliphatic hydroxyl groups is 1. The van der Waals surface area contributed by atoms with Gasteiger partial charge in [-0.1, -0.05) is 0 Å². The van der Waals surface area contributed by atoms with E-state index in [-0.39, 0.29) is 12.5 Å². The van der Waals surface area contributed by atoms with Gasteiger partial charge in [0.15, 0.2) is 6.04 Å². The molecule has 2 atom stereocenters. The van der Waals surface area contributed by atoms with E-state index in [1.54, 1.807) is 0 Å². The summed E-state index contributed by atoms with van der Waals surface area (Å²) in [6.45, 7) is 0.178. The number of nitrogens with two attached hydrogens (primary N) is 1. The number of likely N-dealkylation sites (tertiary alicyclic amines) is 1. The highest BCUT2D eigenvalue weighted by Gasteiger charge is 2.41. The second-order valence-corrected chi connectivity index (χ2v) is 3.12. The molecule has 1 rings (SSSR count). The lowest BCUT2D eigenvalue weighted by molar-refractivity contribution is -0.153. The molecule has 0 aliphatic carbocycles. The van der Waals surface area contributed by atoms with Crippen LogP contribution in [0.4, 0.5) is 0 Å². The van der Waals surface area contributed by atoms with Crippen LogP contribution in [-0.2, 0) is 14.3 Å². The van der Waals surface area contributed by atoms with Crippen molar-refractivity contribution >= 4 is 11.9 Å². The van der Waals surface area contributed by atoms with Crippen LogP contribution in [0.15, 0.2) is 0 Å². The minimum atomic E-state index is -0.893. The molecule has 1 unspecified atom stereocenters. The van der Waals surface area contributed by atoms with E-state index in [4.69, 9.17) is 5.73 Å². The minimum absolute atomic E-state index is 0.166. The van der Waals surface area contributed by atoms with Crippen LogP contribution in [0.3, 0.4) is 0 Å². The van der Waals surface area contributed by atoms with Crippen molar-refractivity contribution in [2.75, 3.05) is 20.2 Å². The van der Waals surface area contributed by atoms with E-state index >= 15 is 0 Å². The zero-order valence-electron chi connectivity index (χ0n) is 7.97. The van der Waals surface area contributed by atoms with Gasteiger partial charge in [0.1, 0.15) is 0 Å². The summed E-state index contributed by atoms with van der Waals surface area (Å²) >= 11 is 0. The number of amides is 1. The molecule has 0 aromatic rings. The zero-order chi connectivity index (χ0) is 10.7. The van der Waals surface area contributed by atoms with E-state index in [0.29, 0.717) is 13.0 Å². The van der Waals surface area contributed by atoms with Crippen molar-refractivity contribution in [1.29, 1.82) is 0 Å². The fourth-order valence-electron chi connectivity index (χ4n) is 1.58. The Hall–Kier alpha value is -1.14. The molecule has 1 amide bonds. The Balaban J connectivity index is 2.76. The standard InChI is InChI=1S/C8H14N2O4/c1-14-8(13)7-5(11)2-3-10(7)6(12)4-9/h5,7,11H,2-4,9H2,1H3/t5?,7-/m0/s1. The summed E-state index contributed by atoms with van der Waals surface area (Å²) < 4.78 is 4.50. The normalized spacial score (nSPS) is 26.4. The maximum absolute atomic E-state index is 11.3. The van der Waals surface area contributed by atoms with Crippen molar-refractivity contribution in [1.82, 2.24) is 4.90 Å². The van der Waals surface area contributed by atoms with Crippen molar-refractivity contribution in [3.63, 3.8) is 0 Å². The van der Waals surface area contributed by atoms with Crippen LogP contribution in [0.1, 0.15) is 6.42 Å². The summed E-state index contributed by atoms with van der Waals surface area (Å²) in [6, 6.07) is -0.893. The number of nitrogens with zero attached hydrogens (tertiary/aromatic N) is 1. The first-order chi connectivity index (χ1) is 6.61. The highest BCUT2D eigenvalue weighted by molar-refractivity contribution is 5.86. The number of aliphatic hydroxyl groups excluding tert-OH is 1. The number of hydrogen-bond acceptors (Lipinski definition) is 5. The van der Waals surface area contributed by atoms with Gasteiger partial charge in [-0.15, -0.1) is 0 Å². The number of rotatable bonds is 2. The van der Waals surface area contributed by atoms with Gasteiger partial charge in [-0.3, -0.25) is 4.79 Å². The summed E-state index contributed by atoms with van der Waals surface area (Å²) in [5.41, 5.74) is 5.18. The molecule has 0 aromatic heterocycles. The van der Waals surface area contributed by atoms with E-state index in [2.05, 4.69) is 4.74 Å². The summed E-state index contributed by atoms with van der Waals surface area (Å²) in [5.74, 6) is -0.950. The van der Waals surface area contributed by atoms with Gasteiger partial charge < -0.3 is 20.5 Å². The van der Waals surface area contributed by atoms with Crippen molar-refractivity contribution in [2.24, 2.45) is 5.73 Å². The monoisotopic (exact) mass is 202 g/mol. The average molecular weight is 202 g/mol. The third-order valence-electron chi connectivity index (χ3n) is 2.30. The van der Waals surface area contributed by atoms with Gasteiger partial charge in [0.25, 0.3) is 0 Å². The number of methoxy groups -OCH3 is 1. The number of esters is 1. The quantitative estimate of drug-likeness (QED) is 0.509. The lowest BCUT2D eigenvalue weighted by Gasteiger charge is -2.23. The van der Waals surface area contributed by atoms with E-state index in [0.717, 1.165) is 0 Å². The molecule has 14 heavy (non-hydrogen) atoms. The molecule has 1 fully saturated rings. The average Bonchev–Trinajstić information content (AvgIpc) is 2.58. The van der Waals surface area contributed by atoms with Crippen LogP contribution in [0.2, 0.25) is 0 Å². The smallest absolute Gasteiger partial charge is 0.331 e. The topological polar surface area (TPSA) is 92.9 Å². The second kappa shape index (κ2) is 4.39. The van der Waals surface area contributed by atoms with Crippen LogP contribution < -0.4 is 5.73 Å². The number of carbonyl (C=O) groups is 2. The van der Waals surface area contributed by atoms with Gasteiger partial charge in [-0.25, -0.2) is 4.79 Å². The highest BCUT2D eigenvalue weighted by Crippen LogP contribution is 2.18. The second-order valence-electron chi connectivity index (χ2n) is 3.12. The molecule has 80 valence electrons. The molecule has 6 nitrogen and oxygen atoms in total. The first kappa shape index (κ1) is 10.9. The Morgan fingerprint density at radius 3 is 2.79 bits per heavy atom. The Labute approximate surface area is 81.6 Å². The molecule has 0 aromatic carbocycles. The van der Waals surface area contributed by atoms with Gasteiger partial charge >= 0.3 is 5.97 Å². The molecular weight excluding hydrogens is 188 g/mol. The molecule has 0 saturated carbocycles. The van der Waals surface area contributed by atoms with Crippen LogP contribution in [0.25, 0.3) is 0 Å². The Bertz CT molecular complexity index is 243. The van der Waals surface area contributed by atoms with Crippen LogP contribution in [0, 0.1) is 0 Å². The molecule has 6 heteroatoms. The summed E-state index contributed by atoms with van der Waals surface area (Å²) in [4.78, 5) is 23.8. The summed E-state index contributed by atoms with van der Waals surface area (Å²) in [5, 5.41) is 9.47. The molecule has 3 N–H and O–H groups in total. The molecule has 1 heterocycles. The molecule has 0 radical (unpaired) electrons. The SMILES string of the molecule is COC(=O)[C@@H]1C(O)CCN1C(=O)CN. The number of ether oxygens (including phenoxy) is 1. The van der Waals surface area contributed by atoms with Crippen molar-refractivity contribution in [3.8, 4) is 0 Å². The number of hydrogen-bond donors (Lipinski definition) is 2. The van der Waals surface area contributed by atoms with Gasteiger partial charge in [0.2, 0.25) is 5.91 Å². The molecule has 0 spiro atoms. The Morgan fingerprint density at radius 2 is 2.29 bits per heavy atom. The molecular formula is C8H14N2O4. The van der Waals surface area contributed by atoms with Gasteiger partial charge in [0, 0.05) is 6.54 Å². The minimum Gasteiger partial charge on any atom is -0.467 e. The largest absolute Gasteiger partial charge is 0.467 e. The van der Waals surface area contributed by atoms with E-state index in [1.165, 1.54) is 12.0 Å². The number of carbonyl (C=O) groups excluding carboxylic acids is 2. The summed E-state index contributed by atoms with van der Waals surface area (Å²) in [7, 11) is 1.22. The van der Waals surface area contributed by atoms with Crippen LogP contribution >= 0.6 is 0 Å². The Morgan fingerprint density at radius 1 is 1.64 bits per heavy atom. The maximum Gasteiger partial charge on any atom is 0.331 e. The highest BCUT2D eigenvalue weighted by atomic mass is 16.5. The molecule has 1 aliphatic heterocycles. The van der Waals surface area contributed by atoms with Crippen LogP contribution in [-0.4, -0.2) is 54.2 Å². The summed E-state index contributed by atoms with van der Waals surface area (Å²) in [6.07, 6.45) is -0.469. The van der Waals surface area contributed by atoms with Gasteiger partial charge in [-0.2, -0.15) is 0 Å². The first-order valence-corrected chi connectivity index (χ1v) is 4.37. The van der Waals surface area contributed by atoms with Gasteiger partial charge in [-0.05, 0) is 6.42 Å². The molecule has 0 bridgehead atoms. The fourth-order valence-corrected chi connectivity index (χ4v) is 1.58. The maximum atomic E-state index is 11.3. The molecule has 1 saturated heterocycles. The van der Waals surface area contributed by atoms with E-state index in [9.17, 15) is 14.7 Å². The third kappa shape index (κ3) is 1.85. The predicted molar refractivity (Wildman–Crippen MR) is 47.2 cm³/mol. The van der Waals surface area contributed by atoms with Crippen molar-refractivity contribution in [3.05, 3.63) is 0 Å².